The summed E-state index contributed by atoms with van der Waals surface area (Å²) in [5, 5.41) is 17.5. The normalized spacial score (nSPS) is 29.4. The summed E-state index contributed by atoms with van der Waals surface area (Å²) < 4.78 is 0. The summed E-state index contributed by atoms with van der Waals surface area (Å²) in [6.45, 7) is 2.68. The molecule has 2 spiro atoms. The lowest BCUT2D eigenvalue weighted by Crippen LogP contribution is -2.28. The second kappa shape index (κ2) is 9.40. The highest BCUT2D eigenvalue weighted by molar-refractivity contribution is 6.32. The van der Waals surface area contributed by atoms with Crippen molar-refractivity contribution in [3.05, 3.63) is 0 Å². The fraction of sp³-hybridized carbons (Fsp3) is 0.611. The second-order valence-electron chi connectivity index (χ2n) is 8.03. The Bertz CT molecular complexity index is 815. The highest BCUT2D eigenvalue weighted by atomic mass is 16.2. The molecule has 0 radical (unpaired) electrons. The predicted octanol–water partition coefficient (Wildman–Crippen LogP) is -5.84. The molecule has 7 heterocycles. The molecule has 0 aromatic heterocycles. The molecule has 0 aromatic rings. The minimum Gasteiger partial charge on any atom is -0.356 e. The van der Waals surface area contributed by atoms with Crippen LogP contribution < -0.4 is 43.0 Å². The first-order valence-electron chi connectivity index (χ1n) is 10.4. The monoisotopic (exact) mass is 466 g/mol. The topological polar surface area (TPSA) is 289 Å². The summed E-state index contributed by atoms with van der Waals surface area (Å²) in [4.78, 5) is 69.1. The van der Waals surface area contributed by atoms with Crippen molar-refractivity contribution in [1.29, 1.82) is 0 Å². The van der Waals surface area contributed by atoms with Gasteiger partial charge in [-0.1, -0.05) is 0 Å². The van der Waals surface area contributed by atoms with E-state index < -0.39 is 5.66 Å². The van der Waals surface area contributed by atoms with Crippen molar-refractivity contribution in [3.8, 4) is 0 Å². The lowest BCUT2D eigenvalue weighted by molar-refractivity contribution is -0.122. The molecule has 33 heavy (non-hydrogen) atoms. The standard InChI is InChI=1S/C5H9NO.C4H6N2O.C3H2N2O2.3C2H3NO/c7-5-3-1-2-4-6-5;5-2-1-4(2)3(7)6-4;6-1-3(4-1)2(7)5-3;3*4-2-1-3-2/h1-4H2,(H,6,7);2H,1,5H2,(H,6,7);(H,4,6)(H,5,7);3*1H2,(H,3,4). The zero-order valence-corrected chi connectivity index (χ0v) is 17.7. The van der Waals surface area contributed by atoms with Crippen LogP contribution in [0.3, 0.4) is 0 Å². The van der Waals surface area contributed by atoms with Gasteiger partial charge in [0.05, 0.1) is 19.6 Å². The minimum atomic E-state index is -0.861. The second-order valence-corrected chi connectivity index (χ2v) is 8.03. The zero-order chi connectivity index (χ0) is 24.2. The van der Waals surface area contributed by atoms with Gasteiger partial charge in [0.25, 0.3) is 17.5 Å². The van der Waals surface area contributed by atoms with Crippen LogP contribution in [0.2, 0.25) is 0 Å². The molecule has 8 aliphatic rings. The third-order valence-corrected chi connectivity index (χ3v) is 4.97. The van der Waals surface area contributed by atoms with Crippen molar-refractivity contribution in [2.45, 2.75) is 42.9 Å². The van der Waals surface area contributed by atoms with Gasteiger partial charge in [0.15, 0.2) is 0 Å². The fourth-order valence-electron chi connectivity index (χ4n) is 2.23. The van der Waals surface area contributed by atoms with E-state index in [1.54, 1.807) is 0 Å². The Morgan fingerprint density at radius 1 is 0.636 bits per heavy atom. The van der Waals surface area contributed by atoms with Crippen LogP contribution in [-0.4, -0.2) is 84.8 Å². The summed E-state index contributed by atoms with van der Waals surface area (Å²) in [6.07, 6.45) is 3.82. The number of piperidine rings is 1. The van der Waals surface area contributed by atoms with Crippen molar-refractivity contribution >= 4 is 41.4 Å². The van der Waals surface area contributed by atoms with Gasteiger partial charge in [-0.2, -0.15) is 0 Å². The highest BCUT2D eigenvalue weighted by Gasteiger charge is 2.74. The van der Waals surface area contributed by atoms with Gasteiger partial charge in [0.1, 0.15) is 5.54 Å². The summed E-state index contributed by atoms with van der Waals surface area (Å²) in [5.41, 5.74) is 4.31. The third kappa shape index (κ3) is 8.03. The van der Waals surface area contributed by atoms with Crippen LogP contribution in [0, 0.1) is 0 Å². The summed E-state index contributed by atoms with van der Waals surface area (Å²) in [7, 11) is 0. The van der Waals surface area contributed by atoms with Crippen LogP contribution >= 0.6 is 0 Å². The summed E-state index contributed by atoms with van der Waals surface area (Å²) in [5.74, 6) is 0.459. The van der Waals surface area contributed by atoms with Crippen molar-refractivity contribution in [2.75, 3.05) is 26.2 Å². The molecule has 1 saturated carbocycles. The van der Waals surface area contributed by atoms with Crippen molar-refractivity contribution in [2.24, 2.45) is 5.73 Å². The van der Waals surface area contributed by atoms with Gasteiger partial charge in [-0.15, -0.1) is 0 Å². The van der Waals surface area contributed by atoms with E-state index in [0.717, 1.165) is 32.2 Å². The van der Waals surface area contributed by atoms with Gasteiger partial charge in [0.2, 0.25) is 29.5 Å². The van der Waals surface area contributed by atoms with E-state index in [1.165, 1.54) is 0 Å². The van der Waals surface area contributed by atoms with Gasteiger partial charge in [-0.25, -0.2) is 0 Å². The molecule has 180 valence electrons. The summed E-state index contributed by atoms with van der Waals surface area (Å²) >= 11 is 0. The Balaban J connectivity index is 0.000000114. The number of hydrogen-bond donors (Lipinski definition) is 8. The Labute approximate surface area is 187 Å². The van der Waals surface area contributed by atoms with Crippen LogP contribution in [0.1, 0.15) is 25.7 Å². The zero-order valence-electron chi connectivity index (χ0n) is 17.7. The van der Waals surface area contributed by atoms with Crippen LogP contribution in [0.15, 0.2) is 0 Å². The lowest BCUT2D eigenvalue weighted by Gasteiger charge is -2.08. The summed E-state index contributed by atoms with van der Waals surface area (Å²) in [6, 6.07) is 0.125. The van der Waals surface area contributed by atoms with Crippen LogP contribution in [0.4, 0.5) is 0 Å². The molecule has 2 unspecified atom stereocenters. The van der Waals surface area contributed by atoms with Crippen LogP contribution in [0.25, 0.3) is 0 Å². The van der Waals surface area contributed by atoms with E-state index >= 15 is 0 Å². The Hall–Kier alpha value is -3.75. The molecule has 0 bridgehead atoms. The third-order valence-electron chi connectivity index (χ3n) is 4.97. The first kappa shape index (κ1) is 23.9. The molecule has 15 nitrogen and oxygen atoms in total. The molecule has 8 fully saturated rings. The average Bonchev–Trinajstić information content (AvgIpc) is 3.55. The molecule has 7 saturated heterocycles. The Morgan fingerprint density at radius 3 is 1.06 bits per heavy atom. The van der Waals surface area contributed by atoms with E-state index in [-0.39, 0.29) is 52.9 Å². The smallest absolute Gasteiger partial charge is 0.279 e. The first-order valence-corrected chi connectivity index (χ1v) is 10.4. The van der Waals surface area contributed by atoms with E-state index in [9.17, 15) is 33.6 Å². The number of rotatable bonds is 0. The van der Waals surface area contributed by atoms with Gasteiger partial charge < -0.3 is 43.0 Å². The Morgan fingerprint density at radius 2 is 1.00 bits per heavy atom. The van der Waals surface area contributed by atoms with Gasteiger partial charge in [-0.05, 0) is 19.3 Å². The molecular weight excluding hydrogens is 440 g/mol. The largest absolute Gasteiger partial charge is 0.356 e. The van der Waals surface area contributed by atoms with E-state index in [4.69, 9.17) is 5.73 Å². The molecule has 9 N–H and O–H groups in total. The first-order chi connectivity index (χ1) is 15.6. The number of amides is 7. The van der Waals surface area contributed by atoms with Gasteiger partial charge in [-0.3, -0.25) is 33.6 Å². The van der Waals surface area contributed by atoms with Gasteiger partial charge in [0, 0.05) is 19.0 Å². The molecule has 1 aliphatic carbocycles. The van der Waals surface area contributed by atoms with Crippen molar-refractivity contribution < 1.29 is 33.6 Å². The molecular formula is C18H26N8O7. The SMILES string of the molecule is NC1CC12NC2=O.O=C1CCCCN1.O=C1CN1.O=C1CN1.O=C1CN1.O=C1NC12NC2=O. The highest BCUT2D eigenvalue weighted by Crippen LogP contribution is 2.43. The molecule has 7 amide bonds. The maximum absolute atomic E-state index is 10.4. The fourth-order valence-corrected chi connectivity index (χ4v) is 2.23. The van der Waals surface area contributed by atoms with E-state index in [1.807, 2.05) is 0 Å². The quantitative estimate of drug-likeness (QED) is 0.125. The minimum absolute atomic E-state index is 0.125. The lowest BCUT2D eigenvalue weighted by atomic mass is 10.2. The van der Waals surface area contributed by atoms with Crippen LogP contribution in [0.5, 0.6) is 0 Å². The Kier molecular flexibility index (Phi) is 6.81. The van der Waals surface area contributed by atoms with Crippen LogP contribution in [-0.2, 0) is 33.6 Å². The van der Waals surface area contributed by atoms with Crippen molar-refractivity contribution in [1.82, 2.24) is 37.2 Å². The van der Waals surface area contributed by atoms with Crippen molar-refractivity contribution in [3.63, 3.8) is 0 Å². The number of nitrogens with one attached hydrogen (secondary N) is 7. The number of carbonyl (C=O) groups excluding carboxylic acids is 7. The maximum Gasteiger partial charge on any atom is 0.279 e. The molecule has 15 heteroatoms. The van der Waals surface area contributed by atoms with E-state index in [0.29, 0.717) is 19.6 Å². The molecule has 2 atom stereocenters. The number of nitrogens with two attached hydrogens (primary N) is 1. The molecule has 8 rings (SSSR count). The molecule has 7 aliphatic heterocycles. The van der Waals surface area contributed by atoms with E-state index in [2.05, 4.69) is 37.2 Å². The van der Waals surface area contributed by atoms with Gasteiger partial charge >= 0.3 is 0 Å². The number of carbonyl (C=O) groups is 7. The number of hydrogen-bond acceptors (Lipinski definition) is 8. The maximum atomic E-state index is 10.4. The molecule has 0 aromatic carbocycles. The predicted molar refractivity (Wildman–Crippen MR) is 108 cm³/mol. The average molecular weight is 466 g/mol.